The van der Waals surface area contributed by atoms with Crippen LogP contribution in [0.4, 0.5) is 0 Å². The van der Waals surface area contributed by atoms with Crippen LogP contribution in [0.25, 0.3) is 0 Å². The third-order valence-electron chi connectivity index (χ3n) is 13.6. The molecule has 1 heterocycles. The fraction of sp³-hybridized carbons (Fsp3) is 0.847. The highest BCUT2D eigenvalue weighted by Crippen LogP contribution is 2.23. The number of aliphatic hydroxyl groups is 5. The van der Waals surface area contributed by atoms with Crippen molar-refractivity contribution in [3.63, 3.8) is 0 Å². The molecule has 9 heteroatoms. The Labute approximate surface area is 418 Å². The summed E-state index contributed by atoms with van der Waals surface area (Å²) in [5.41, 5.74) is 0. The molecule has 0 aromatic carbocycles. The Balaban J connectivity index is 2.27. The summed E-state index contributed by atoms with van der Waals surface area (Å²) in [6.45, 7) is 3.78. The zero-order chi connectivity index (χ0) is 49.4. The van der Waals surface area contributed by atoms with Gasteiger partial charge in [0.2, 0.25) is 5.91 Å². The Hall–Kier alpha value is -1.85. The first kappa shape index (κ1) is 64.2. The lowest BCUT2D eigenvalue weighted by Crippen LogP contribution is -2.60. The number of carbonyl (C=O) groups excluding carboxylic acids is 1. The van der Waals surface area contributed by atoms with Crippen LogP contribution in [0.1, 0.15) is 264 Å². The second-order valence-corrected chi connectivity index (χ2v) is 20.1. The number of unbranched alkanes of at least 4 members (excludes halogenated alkanes) is 33. The molecule has 7 unspecified atom stereocenters. The molecule has 0 aromatic heterocycles. The van der Waals surface area contributed by atoms with Crippen LogP contribution in [-0.4, -0.2) is 87.5 Å². The topological polar surface area (TPSA) is 149 Å². The van der Waals surface area contributed by atoms with Crippen LogP contribution in [0.15, 0.2) is 48.6 Å². The zero-order valence-electron chi connectivity index (χ0n) is 44.1. The Kier molecular flexibility index (Phi) is 46.0. The number of carbonyl (C=O) groups is 1. The predicted octanol–water partition coefficient (Wildman–Crippen LogP) is 14.1. The van der Waals surface area contributed by atoms with Crippen molar-refractivity contribution in [3.8, 4) is 0 Å². The van der Waals surface area contributed by atoms with Gasteiger partial charge < -0.3 is 40.3 Å². The number of amides is 1. The molecule has 0 aromatic rings. The monoisotopic (exact) mass is 960 g/mol. The van der Waals surface area contributed by atoms with Gasteiger partial charge in [-0.05, 0) is 64.2 Å². The van der Waals surface area contributed by atoms with Gasteiger partial charge in [0.1, 0.15) is 24.4 Å². The van der Waals surface area contributed by atoms with Crippen LogP contribution >= 0.6 is 0 Å². The van der Waals surface area contributed by atoms with E-state index in [0.29, 0.717) is 6.42 Å². The van der Waals surface area contributed by atoms with Gasteiger partial charge in [0, 0.05) is 6.42 Å². The summed E-state index contributed by atoms with van der Waals surface area (Å²) in [6.07, 6.45) is 57.5. The Morgan fingerprint density at radius 3 is 1.32 bits per heavy atom. The molecule has 1 aliphatic rings. The van der Waals surface area contributed by atoms with Gasteiger partial charge in [0.05, 0.1) is 25.4 Å². The number of rotatable bonds is 49. The normalized spacial score (nSPS) is 19.9. The number of allylic oxidation sites excluding steroid dienone is 7. The van der Waals surface area contributed by atoms with E-state index in [1.165, 1.54) is 186 Å². The highest BCUT2D eigenvalue weighted by Gasteiger charge is 2.44. The van der Waals surface area contributed by atoms with E-state index in [1.807, 2.05) is 6.08 Å². The van der Waals surface area contributed by atoms with Gasteiger partial charge in [0.15, 0.2) is 6.29 Å². The van der Waals surface area contributed by atoms with Crippen molar-refractivity contribution in [2.75, 3.05) is 13.2 Å². The average Bonchev–Trinajstić information content (AvgIpc) is 3.34. The minimum absolute atomic E-state index is 0.193. The number of ether oxygens (including phenoxy) is 2. The number of hydrogen-bond donors (Lipinski definition) is 6. The smallest absolute Gasteiger partial charge is 0.220 e. The molecule has 1 saturated heterocycles. The molecule has 0 radical (unpaired) electrons. The molecule has 1 rings (SSSR count). The summed E-state index contributed by atoms with van der Waals surface area (Å²) in [7, 11) is 0. The SMILES string of the molecule is CCCCCCCCCCC/C=C\C/C=C\CCCCCCCCCC(=O)NC(COC1OC(CO)C(O)C(O)C1O)C(O)/C=C/CC/C=C/CCCCCCCCCCCCCCCCCC. The molecule has 0 aliphatic carbocycles. The van der Waals surface area contributed by atoms with Crippen LogP contribution < -0.4 is 5.32 Å². The summed E-state index contributed by atoms with van der Waals surface area (Å²) in [5, 5.41) is 54.5. The molecule has 0 bridgehead atoms. The predicted molar refractivity (Wildman–Crippen MR) is 286 cm³/mol. The first-order chi connectivity index (χ1) is 33.3. The molecule has 1 fully saturated rings. The third-order valence-corrected chi connectivity index (χ3v) is 13.6. The van der Waals surface area contributed by atoms with E-state index in [1.54, 1.807) is 6.08 Å². The first-order valence-corrected chi connectivity index (χ1v) is 28.9. The van der Waals surface area contributed by atoms with Gasteiger partial charge in [-0.3, -0.25) is 4.79 Å². The molecule has 7 atom stereocenters. The van der Waals surface area contributed by atoms with E-state index in [9.17, 15) is 30.3 Å². The van der Waals surface area contributed by atoms with Crippen molar-refractivity contribution >= 4 is 5.91 Å². The van der Waals surface area contributed by atoms with Crippen molar-refractivity contribution in [3.05, 3.63) is 48.6 Å². The number of nitrogens with one attached hydrogen (secondary N) is 1. The van der Waals surface area contributed by atoms with Crippen LogP contribution in [0.5, 0.6) is 0 Å². The molecule has 68 heavy (non-hydrogen) atoms. The third kappa shape index (κ3) is 37.9. The molecule has 1 amide bonds. The minimum Gasteiger partial charge on any atom is -0.394 e. The summed E-state index contributed by atoms with van der Waals surface area (Å²) in [5.74, 6) is -0.193. The van der Waals surface area contributed by atoms with Crippen molar-refractivity contribution in [1.82, 2.24) is 5.32 Å². The fourth-order valence-corrected chi connectivity index (χ4v) is 9.03. The van der Waals surface area contributed by atoms with Gasteiger partial charge in [-0.1, -0.05) is 242 Å². The maximum atomic E-state index is 13.0. The van der Waals surface area contributed by atoms with Gasteiger partial charge in [-0.25, -0.2) is 0 Å². The second-order valence-electron chi connectivity index (χ2n) is 20.1. The van der Waals surface area contributed by atoms with Crippen molar-refractivity contribution in [2.24, 2.45) is 0 Å². The van der Waals surface area contributed by atoms with E-state index < -0.39 is 49.5 Å². The Morgan fingerprint density at radius 2 is 0.882 bits per heavy atom. The van der Waals surface area contributed by atoms with E-state index >= 15 is 0 Å². The highest BCUT2D eigenvalue weighted by molar-refractivity contribution is 5.76. The van der Waals surface area contributed by atoms with E-state index in [2.05, 4.69) is 55.6 Å². The molecule has 1 aliphatic heterocycles. The summed E-state index contributed by atoms with van der Waals surface area (Å²) < 4.78 is 11.3. The van der Waals surface area contributed by atoms with Crippen LogP contribution in [0.3, 0.4) is 0 Å². The quantitative estimate of drug-likeness (QED) is 0.0261. The van der Waals surface area contributed by atoms with E-state index in [-0.39, 0.29) is 12.5 Å². The van der Waals surface area contributed by atoms with Gasteiger partial charge >= 0.3 is 0 Å². The molecular formula is C59H109NO8. The number of aliphatic hydroxyl groups excluding tert-OH is 5. The Bertz CT molecular complexity index is 1210. The van der Waals surface area contributed by atoms with Crippen LogP contribution in [-0.2, 0) is 14.3 Å². The standard InChI is InChI=1S/C59H109NO8/c1-3-5-7-9-11-13-15-17-19-21-23-25-27-29-31-33-35-37-39-41-43-45-47-49-55(63)60-52(51-67-59-58(66)57(65)56(64)54(50-61)68-59)53(62)48-46-44-42-40-38-36-34-32-30-28-26-24-22-20-18-16-14-12-10-8-6-4-2/h23,25,29,31,38,40,46,48,52-54,56-59,61-62,64-66H,3-22,24,26-28,30,32-37,39,41-45,47,49-51H2,1-2H3,(H,60,63)/b25-23-,31-29-,40-38+,48-46+. The summed E-state index contributed by atoms with van der Waals surface area (Å²) >= 11 is 0. The van der Waals surface area contributed by atoms with Crippen LogP contribution in [0, 0.1) is 0 Å². The molecule has 398 valence electrons. The lowest BCUT2D eigenvalue weighted by molar-refractivity contribution is -0.302. The van der Waals surface area contributed by atoms with Gasteiger partial charge in [0.25, 0.3) is 0 Å². The lowest BCUT2D eigenvalue weighted by Gasteiger charge is -2.40. The minimum atomic E-state index is -1.57. The Morgan fingerprint density at radius 1 is 0.500 bits per heavy atom. The van der Waals surface area contributed by atoms with Gasteiger partial charge in [-0.2, -0.15) is 0 Å². The van der Waals surface area contributed by atoms with E-state index in [0.717, 1.165) is 57.8 Å². The zero-order valence-corrected chi connectivity index (χ0v) is 44.1. The molecule has 9 nitrogen and oxygen atoms in total. The largest absolute Gasteiger partial charge is 0.394 e. The molecule has 0 spiro atoms. The first-order valence-electron chi connectivity index (χ1n) is 28.9. The van der Waals surface area contributed by atoms with E-state index in [4.69, 9.17) is 9.47 Å². The molecule has 6 N–H and O–H groups in total. The fourth-order valence-electron chi connectivity index (χ4n) is 9.03. The maximum Gasteiger partial charge on any atom is 0.220 e. The highest BCUT2D eigenvalue weighted by atomic mass is 16.7. The van der Waals surface area contributed by atoms with Crippen LogP contribution in [0.2, 0.25) is 0 Å². The molecular weight excluding hydrogens is 851 g/mol. The number of hydrogen-bond acceptors (Lipinski definition) is 8. The summed E-state index contributed by atoms with van der Waals surface area (Å²) in [6, 6.07) is -0.828. The second kappa shape index (κ2) is 48.8. The van der Waals surface area contributed by atoms with Crippen molar-refractivity contribution in [2.45, 2.75) is 307 Å². The lowest BCUT2D eigenvalue weighted by atomic mass is 9.99. The van der Waals surface area contributed by atoms with Crippen molar-refractivity contribution < 1.29 is 39.8 Å². The average molecular weight is 961 g/mol. The van der Waals surface area contributed by atoms with Gasteiger partial charge in [-0.15, -0.1) is 0 Å². The van der Waals surface area contributed by atoms with Crippen molar-refractivity contribution in [1.29, 1.82) is 0 Å². The maximum absolute atomic E-state index is 13.0. The molecule has 0 saturated carbocycles. The summed E-state index contributed by atoms with van der Waals surface area (Å²) in [4.78, 5) is 13.0.